The summed E-state index contributed by atoms with van der Waals surface area (Å²) in [6, 6.07) is 0. The van der Waals surface area contributed by atoms with Gasteiger partial charge in [-0.15, -0.1) is 0 Å². The van der Waals surface area contributed by atoms with Gasteiger partial charge in [0.05, 0.1) is 0 Å². The zero-order valence-electron chi connectivity index (χ0n) is 14.4. The van der Waals surface area contributed by atoms with E-state index in [2.05, 4.69) is 36.6 Å². The van der Waals surface area contributed by atoms with E-state index in [1.165, 1.54) is 38.6 Å². The van der Waals surface area contributed by atoms with E-state index in [1.54, 1.807) is 16.5 Å². The van der Waals surface area contributed by atoms with Gasteiger partial charge in [0.1, 0.15) is 0 Å². The van der Waals surface area contributed by atoms with Crippen molar-refractivity contribution in [3.05, 3.63) is 0 Å². The van der Waals surface area contributed by atoms with Crippen molar-refractivity contribution in [2.75, 3.05) is 6.54 Å². The quantitative estimate of drug-likeness (QED) is 0.264. The number of hydrogen-bond acceptors (Lipinski definition) is 2. The molecule has 0 rings (SSSR count). The monoisotopic (exact) mass is 872 g/mol. The first kappa shape index (κ1) is 22.6. The standard InChI is InChI=1S/C3H7N.4C3H7.3Bi.HN.H/c1-2-3-4;4*1-3-2;;;;;/h2-3H2,1H3;4*1,3H2,2H3;;;;1H;. The van der Waals surface area contributed by atoms with Crippen LogP contribution >= 0.6 is 0 Å². The molecule has 0 aromatic carbocycles. The fourth-order valence-electron chi connectivity index (χ4n) is 2.24. The zero-order valence-corrected chi connectivity index (χ0v) is 25.3. The Bertz CT molecular complexity index is 194. The molecule has 0 fully saturated rings. The van der Waals surface area contributed by atoms with Crippen LogP contribution in [0.1, 0.15) is 66.7 Å². The Morgan fingerprint density at radius 2 is 1.25 bits per heavy atom. The van der Waals surface area contributed by atoms with Gasteiger partial charge in [-0.05, 0) is 0 Å². The van der Waals surface area contributed by atoms with E-state index in [0.29, 0.717) is 0 Å². The van der Waals surface area contributed by atoms with E-state index in [0.717, 1.165) is 0 Å². The van der Waals surface area contributed by atoms with Gasteiger partial charge in [0.25, 0.3) is 0 Å². The summed E-state index contributed by atoms with van der Waals surface area (Å²) in [5.74, 6) is 0. The molecule has 0 unspecified atom stereocenters. The molecule has 122 valence electrons. The SMILES string of the molecule is CCC[N]([BiH][NH][Bi]([CH2]CC)[CH2]CC)[Bi]([CH2]CC)[CH2]CC. The average molecular weight is 872 g/mol. The number of rotatable bonds is 14. The summed E-state index contributed by atoms with van der Waals surface area (Å²) < 4.78 is 13.9. The molecule has 0 saturated heterocycles. The normalized spacial score (nSPS) is 12.0. The number of hydrogen-bond donors (Lipinski definition) is 1. The first-order chi connectivity index (χ1) is 9.73. The van der Waals surface area contributed by atoms with Gasteiger partial charge in [0.15, 0.2) is 0 Å². The number of nitrogens with one attached hydrogen (secondary N) is 1. The van der Waals surface area contributed by atoms with Crippen LogP contribution in [0.5, 0.6) is 0 Å². The Labute approximate surface area is 157 Å². The predicted molar refractivity (Wildman–Crippen MR) is 99.2 cm³/mol. The van der Waals surface area contributed by atoms with Crippen molar-refractivity contribution in [1.82, 2.24) is 1.99 Å². The molecule has 1 N–H and O–H groups in total. The second kappa shape index (κ2) is 16.4. The van der Waals surface area contributed by atoms with Crippen LogP contribution in [-0.4, -0.2) is 75.2 Å². The molecular formula is C15H37Bi3N2. The van der Waals surface area contributed by atoms with Crippen molar-refractivity contribution < 1.29 is 0 Å². The molecule has 0 bridgehead atoms. The molecule has 0 aliphatic heterocycles. The minimum atomic E-state index is -1.26. The summed E-state index contributed by atoms with van der Waals surface area (Å²) >= 11 is -3.13. The fraction of sp³-hybridized carbons (Fsp3) is 1.00. The molecule has 0 aromatic heterocycles. The molecule has 0 heterocycles. The fourth-order valence-corrected chi connectivity index (χ4v) is 61.1. The van der Waals surface area contributed by atoms with Crippen LogP contribution < -0.4 is 1.20 Å². The Morgan fingerprint density at radius 1 is 0.750 bits per heavy atom. The molecule has 0 aliphatic carbocycles. The van der Waals surface area contributed by atoms with Gasteiger partial charge in [-0.1, -0.05) is 0 Å². The third-order valence-corrected chi connectivity index (χ3v) is 52.4. The Morgan fingerprint density at radius 3 is 1.65 bits per heavy atom. The van der Waals surface area contributed by atoms with Crippen molar-refractivity contribution >= 4 is 67.9 Å². The molecule has 0 aliphatic rings. The van der Waals surface area contributed by atoms with E-state index in [1.807, 2.05) is 0 Å². The topological polar surface area (TPSA) is 15.3 Å². The van der Waals surface area contributed by atoms with E-state index in [9.17, 15) is 0 Å². The van der Waals surface area contributed by atoms with Crippen molar-refractivity contribution in [2.24, 2.45) is 0 Å². The Balaban J connectivity index is 4.39. The van der Waals surface area contributed by atoms with Gasteiger partial charge in [0.2, 0.25) is 0 Å². The summed E-state index contributed by atoms with van der Waals surface area (Å²) in [6.07, 6.45) is 7.13. The van der Waals surface area contributed by atoms with Crippen molar-refractivity contribution in [3.63, 3.8) is 0 Å². The van der Waals surface area contributed by atoms with Crippen molar-refractivity contribution in [1.29, 1.82) is 0 Å². The molecule has 0 aromatic rings. The van der Waals surface area contributed by atoms with Crippen LogP contribution in [-0.2, 0) is 0 Å². The zero-order chi connectivity index (χ0) is 15.2. The predicted octanol–water partition coefficient (Wildman–Crippen LogP) is 4.18. The second-order valence-corrected chi connectivity index (χ2v) is 39.7. The molecule has 0 amide bonds. The molecule has 0 saturated carbocycles. The van der Waals surface area contributed by atoms with Crippen LogP contribution in [0.3, 0.4) is 0 Å². The summed E-state index contributed by atoms with van der Waals surface area (Å²) in [4.78, 5) is 0. The van der Waals surface area contributed by atoms with Gasteiger partial charge in [-0.25, -0.2) is 0 Å². The minimum absolute atomic E-state index is 0.643. The molecule has 0 spiro atoms. The Kier molecular flexibility index (Phi) is 18.5. The molecule has 0 radical (unpaired) electrons. The van der Waals surface area contributed by atoms with Gasteiger partial charge in [-0.3, -0.25) is 0 Å². The van der Waals surface area contributed by atoms with Crippen molar-refractivity contribution in [3.8, 4) is 0 Å². The summed E-state index contributed by atoms with van der Waals surface area (Å²) in [7, 11) is 0. The van der Waals surface area contributed by atoms with E-state index in [4.69, 9.17) is 0 Å². The van der Waals surface area contributed by atoms with Crippen LogP contribution in [0.25, 0.3) is 0 Å². The van der Waals surface area contributed by atoms with Gasteiger partial charge in [0, 0.05) is 0 Å². The van der Waals surface area contributed by atoms with Gasteiger partial charge >= 0.3 is 160 Å². The molecule has 20 heavy (non-hydrogen) atoms. The Hall–Kier alpha value is 2.57. The van der Waals surface area contributed by atoms with E-state index < -0.39 is 67.9 Å². The molecule has 2 nitrogen and oxygen atoms in total. The van der Waals surface area contributed by atoms with E-state index >= 15 is 0 Å². The maximum absolute atomic E-state index is 4.28. The second-order valence-electron chi connectivity index (χ2n) is 5.29. The first-order valence-electron chi connectivity index (χ1n) is 8.51. The molecule has 0 atom stereocenters. The van der Waals surface area contributed by atoms with Crippen molar-refractivity contribution in [2.45, 2.75) is 83.2 Å². The first-order valence-corrected chi connectivity index (χ1v) is 25.3. The number of nitrogens with zero attached hydrogens (tertiary/aromatic N) is 1. The van der Waals surface area contributed by atoms with E-state index in [-0.39, 0.29) is 0 Å². The maximum atomic E-state index is 4.28. The van der Waals surface area contributed by atoms with Crippen LogP contribution in [0, 0.1) is 0 Å². The van der Waals surface area contributed by atoms with Crippen LogP contribution in [0.2, 0.25) is 16.5 Å². The summed E-state index contributed by atoms with van der Waals surface area (Å²) in [5.41, 5.74) is 0. The molecular weight excluding hydrogens is 835 g/mol. The summed E-state index contributed by atoms with van der Waals surface area (Å²) in [6.45, 7) is 13.4. The average Bonchev–Trinajstić information content (AvgIpc) is 2.43. The van der Waals surface area contributed by atoms with Gasteiger partial charge < -0.3 is 0 Å². The molecule has 5 heteroatoms. The summed E-state index contributed by atoms with van der Waals surface area (Å²) in [5, 5.41) is 0. The van der Waals surface area contributed by atoms with Crippen LogP contribution in [0.4, 0.5) is 0 Å². The van der Waals surface area contributed by atoms with Gasteiger partial charge in [-0.2, -0.15) is 0 Å². The van der Waals surface area contributed by atoms with Crippen LogP contribution in [0.15, 0.2) is 0 Å². The third-order valence-electron chi connectivity index (χ3n) is 3.06. The third kappa shape index (κ3) is 11.2.